The number of ether oxygens (including phenoxy) is 4. The van der Waals surface area contributed by atoms with Crippen molar-refractivity contribution in [1.82, 2.24) is 5.32 Å². The van der Waals surface area contributed by atoms with Crippen LogP contribution in [0.3, 0.4) is 0 Å². The number of hydrogen-bond donors (Lipinski definition) is 9. The normalized spacial score (nSPS) is 34.2. The highest BCUT2D eigenvalue weighted by Crippen LogP contribution is 2.29. The van der Waals surface area contributed by atoms with Crippen molar-refractivity contribution in [3.63, 3.8) is 0 Å². The molecule has 12 unspecified atom stereocenters. The number of allylic oxidation sites excluding steroid dienone is 1. The summed E-state index contributed by atoms with van der Waals surface area (Å²) in [6.07, 6.45) is -4.51. The quantitative estimate of drug-likeness (QED) is 0.0575. The van der Waals surface area contributed by atoms with E-state index in [0.29, 0.717) is 6.42 Å². The average Bonchev–Trinajstić information content (AvgIpc) is 3.02. The summed E-state index contributed by atoms with van der Waals surface area (Å²) < 4.78 is 22.2. The van der Waals surface area contributed by atoms with Gasteiger partial charge in [-0.15, -0.1) is 0 Å². The number of unbranched alkanes of at least 4 members (excludes halogenated alkanes) is 7. The predicted octanol–water partition coefficient (Wildman–Crippen LogP) is -1.03. The molecule has 44 heavy (non-hydrogen) atoms. The van der Waals surface area contributed by atoms with Crippen LogP contribution in [0.5, 0.6) is 0 Å². The van der Waals surface area contributed by atoms with Crippen LogP contribution in [-0.4, -0.2) is 140 Å². The topological polar surface area (TPSA) is 228 Å². The van der Waals surface area contributed by atoms with Crippen LogP contribution in [-0.2, 0) is 23.7 Å². The van der Waals surface area contributed by atoms with Gasteiger partial charge >= 0.3 is 0 Å². The lowest BCUT2D eigenvalue weighted by Crippen LogP contribution is -2.65. The van der Waals surface area contributed by atoms with Gasteiger partial charge < -0.3 is 65.1 Å². The van der Waals surface area contributed by atoms with E-state index in [1.807, 2.05) is 13.0 Å². The molecule has 2 saturated heterocycles. The summed E-state index contributed by atoms with van der Waals surface area (Å²) in [5.41, 5.74) is 0. The van der Waals surface area contributed by atoms with Crippen LogP contribution in [0.25, 0.3) is 0 Å². The second kappa shape index (κ2) is 20.8. The number of nitrogens with one attached hydrogen (secondary N) is 1. The fraction of sp³-hybridized carbons (Fsp3) is 0.900. The Morgan fingerprint density at radius 2 is 1.41 bits per heavy atom. The van der Waals surface area contributed by atoms with Crippen LogP contribution < -0.4 is 5.32 Å². The Morgan fingerprint density at radius 1 is 0.795 bits per heavy atom. The summed E-state index contributed by atoms with van der Waals surface area (Å²) in [6.45, 7) is 2.47. The first kappa shape index (κ1) is 38.9. The second-order valence-electron chi connectivity index (χ2n) is 11.6. The molecule has 0 radical (unpaired) electrons. The first-order valence-electron chi connectivity index (χ1n) is 15.9. The summed E-state index contributed by atoms with van der Waals surface area (Å²) in [7, 11) is 0. The number of carbonyl (C=O) groups is 1. The Hall–Kier alpha value is -1.27. The van der Waals surface area contributed by atoms with Gasteiger partial charge in [0.1, 0.15) is 48.8 Å². The van der Waals surface area contributed by atoms with Crippen LogP contribution in [0.15, 0.2) is 12.2 Å². The minimum atomic E-state index is -1.78. The second-order valence-corrected chi connectivity index (χ2v) is 11.6. The average molecular weight is 638 g/mol. The molecule has 14 heteroatoms. The molecule has 0 aliphatic carbocycles. The molecule has 0 bridgehead atoms. The number of aliphatic hydroxyl groups is 8. The molecule has 2 rings (SSSR count). The monoisotopic (exact) mass is 637 g/mol. The lowest BCUT2D eigenvalue weighted by molar-refractivity contribution is -0.359. The van der Waals surface area contributed by atoms with Crippen molar-refractivity contribution >= 4 is 5.91 Å². The maximum absolute atomic E-state index is 12.7. The highest BCUT2D eigenvalue weighted by atomic mass is 16.7. The van der Waals surface area contributed by atoms with E-state index >= 15 is 0 Å². The van der Waals surface area contributed by atoms with Gasteiger partial charge in [-0.2, -0.15) is 0 Å². The molecule has 12 atom stereocenters. The lowest BCUT2D eigenvalue weighted by Gasteiger charge is -2.46. The molecule has 2 aliphatic rings. The molecule has 2 heterocycles. The van der Waals surface area contributed by atoms with Crippen molar-refractivity contribution in [2.75, 3.05) is 19.8 Å². The summed E-state index contributed by atoms with van der Waals surface area (Å²) in [6, 6.07) is -0.899. The summed E-state index contributed by atoms with van der Waals surface area (Å²) in [5.74, 6) is -0.263. The third-order valence-electron chi connectivity index (χ3n) is 7.97. The lowest BCUT2D eigenvalue weighted by atomic mass is 9.97. The van der Waals surface area contributed by atoms with Gasteiger partial charge in [0.2, 0.25) is 5.91 Å². The molecule has 0 aromatic carbocycles. The van der Waals surface area contributed by atoms with Crippen LogP contribution in [0.2, 0.25) is 0 Å². The molecule has 258 valence electrons. The molecule has 14 nitrogen and oxygen atoms in total. The number of carbonyl (C=O) groups excluding carboxylic acids is 1. The largest absolute Gasteiger partial charge is 0.394 e. The minimum Gasteiger partial charge on any atom is -0.394 e. The Morgan fingerprint density at radius 3 is 2.07 bits per heavy atom. The molecule has 9 N–H and O–H groups in total. The fourth-order valence-corrected chi connectivity index (χ4v) is 5.15. The molecule has 0 aromatic heterocycles. The van der Waals surface area contributed by atoms with Gasteiger partial charge in [0.15, 0.2) is 12.6 Å². The Balaban J connectivity index is 2.03. The maximum Gasteiger partial charge on any atom is 0.220 e. The third-order valence-corrected chi connectivity index (χ3v) is 7.97. The van der Waals surface area contributed by atoms with E-state index in [4.69, 9.17) is 18.9 Å². The predicted molar refractivity (Wildman–Crippen MR) is 157 cm³/mol. The van der Waals surface area contributed by atoms with Crippen LogP contribution in [0, 0.1) is 0 Å². The molecule has 1 amide bonds. The summed E-state index contributed by atoms with van der Waals surface area (Å²) in [5, 5.41) is 84.9. The molecule has 0 spiro atoms. The van der Waals surface area contributed by atoms with E-state index in [1.54, 1.807) is 6.08 Å². The van der Waals surface area contributed by atoms with E-state index in [2.05, 4.69) is 12.2 Å². The van der Waals surface area contributed by atoms with Crippen molar-refractivity contribution < 1.29 is 64.6 Å². The fourth-order valence-electron chi connectivity index (χ4n) is 5.15. The number of amides is 1. The molecular formula is C30H55NO13. The van der Waals surface area contributed by atoms with Gasteiger partial charge in [0, 0.05) is 6.42 Å². The van der Waals surface area contributed by atoms with E-state index in [0.717, 1.165) is 51.4 Å². The number of aliphatic hydroxyl groups excluding tert-OH is 8. The van der Waals surface area contributed by atoms with Crippen LogP contribution in [0.4, 0.5) is 0 Å². The van der Waals surface area contributed by atoms with Gasteiger partial charge in [-0.05, 0) is 12.8 Å². The van der Waals surface area contributed by atoms with Crippen molar-refractivity contribution in [1.29, 1.82) is 0 Å². The van der Waals surface area contributed by atoms with Gasteiger partial charge in [0.25, 0.3) is 0 Å². The number of rotatable bonds is 20. The van der Waals surface area contributed by atoms with Crippen LogP contribution in [0.1, 0.15) is 78.1 Å². The SMILES string of the molecule is CCCC/C=C/C(O)C(COC1OC(CO)C(OC2OC(CO)C(O)C(O)C2O)C(O)C1O)NC(=O)CCCCCCCC. The molecule has 0 saturated carbocycles. The Labute approximate surface area is 259 Å². The smallest absolute Gasteiger partial charge is 0.220 e. The maximum atomic E-state index is 12.7. The van der Waals surface area contributed by atoms with Gasteiger partial charge in [-0.3, -0.25) is 4.79 Å². The van der Waals surface area contributed by atoms with Crippen molar-refractivity contribution in [3.8, 4) is 0 Å². The van der Waals surface area contributed by atoms with Crippen molar-refractivity contribution in [3.05, 3.63) is 12.2 Å². The van der Waals surface area contributed by atoms with Crippen LogP contribution >= 0.6 is 0 Å². The standard InChI is InChI=1S/C30H55NO13/c1-3-5-7-9-10-12-14-22(35)31-18(19(34)13-11-8-6-4-2)17-41-29-27(40)25(38)28(21(16-33)43-29)44-30-26(39)24(37)23(36)20(15-32)42-30/h11,13,18-21,23-30,32-34,36-40H,3-10,12,14-17H2,1-2H3,(H,31,35)/b13-11+. The van der Waals surface area contributed by atoms with E-state index in [-0.39, 0.29) is 18.9 Å². The van der Waals surface area contributed by atoms with Gasteiger partial charge in [0.05, 0.1) is 32.0 Å². The summed E-state index contributed by atoms with van der Waals surface area (Å²) >= 11 is 0. The van der Waals surface area contributed by atoms with Crippen molar-refractivity contribution in [2.45, 2.75) is 152 Å². The van der Waals surface area contributed by atoms with E-state index in [1.165, 1.54) is 0 Å². The number of hydrogen-bond acceptors (Lipinski definition) is 13. The highest BCUT2D eigenvalue weighted by molar-refractivity contribution is 5.76. The molecule has 2 fully saturated rings. The Bertz CT molecular complexity index is 816. The zero-order valence-corrected chi connectivity index (χ0v) is 25.9. The van der Waals surface area contributed by atoms with E-state index in [9.17, 15) is 45.6 Å². The summed E-state index contributed by atoms with van der Waals surface area (Å²) in [4.78, 5) is 12.7. The molecule has 0 aromatic rings. The van der Waals surface area contributed by atoms with Gasteiger partial charge in [-0.1, -0.05) is 70.9 Å². The first-order chi connectivity index (χ1) is 21.1. The van der Waals surface area contributed by atoms with Gasteiger partial charge in [-0.25, -0.2) is 0 Å². The Kier molecular flexibility index (Phi) is 18.4. The third kappa shape index (κ3) is 11.8. The zero-order valence-electron chi connectivity index (χ0n) is 25.9. The first-order valence-corrected chi connectivity index (χ1v) is 15.9. The zero-order chi connectivity index (χ0) is 32.6. The van der Waals surface area contributed by atoms with E-state index < -0.39 is 86.8 Å². The van der Waals surface area contributed by atoms with Crippen molar-refractivity contribution in [2.24, 2.45) is 0 Å². The molecule has 2 aliphatic heterocycles. The highest BCUT2D eigenvalue weighted by Gasteiger charge is 2.50. The minimum absolute atomic E-state index is 0.263. The molecular weight excluding hydrogens is 582 g/mol.